The average molecular weight is 317 g/mol. The molecule has 0 bridgehead atoms. The van der Waals surface area contributed by atoms with Crippen LogP contribution in [-0.4, -0.2) is 43.3 Å². The quantitative estimate of drug-likeness (QED) is 0.867. The van der Waals surface area contributed by atoms with Crippen molar-refractivity contribution in [1.29, 1.82) is 0 Å². The third-order valence-electron chi connectivity index (χ3n) is 4.33. The summed E-state index contributed by atoms with van der Waals surface area (Å²) in [6.07, 6.45) is 0.320. The molecule has 2 aromatic carbocycles. The van der Waals surface area contributed by atoms with E-state index in [-0.39, 0.29) is 16.9 Å². The van der Waals surface area contributed by atoms with Crippen LogP contribution in [0.2, 0.25) is 0 Å². The topological polar surface area (TPSA) is 54.5 Å². The minimum Gasteiger partial charge on any atom is -0.340 e. The third-order valence-corrected chi connectivity index (χ3v) is 6.45. The Kier molecular flexibility index (Phi) is 3.91. The maximum absolute atomic E-state index is 12.3. The first-order valence-corrected chi connectivity index (χ1v) is 9.19. The lowest BCUT2D eigenvalue weighted by Crippen LogP contribution is -2.57. The predicted octanol–water partition coefficient (Wildman–Crippen LogP) is 2.03. The summed E-state index contributed by atoms with van der Waals surface area (Å²) in [4.78, 5) is 14.0. The van der Waals surface area contributed by atoms with Crippen LogP contribution in [0.5, 0.6) is 0 Å². The summed E-state index contributed by atoms with van der Waals surface area (Å²) in [7, 11) is -3.03. The number of rotatable bonds is 4. The molecule has 3 rings (SSSR count). The zero-order valence-electron chi connectivity index (χ0n) is 12.5. The van der Waals surface area contributed by atoms with E-state index in [1.807, 2.05) is 42.5 Å². The van der Waals surface area contributed by atoms with Gasteiger partial charge in [0, 0.05) is 18.8 Å². The van der Waals surface area contributed by atoms with Gasteiger partial charge in [0.2, 0.25) is 5.91 Å². The highest BCUT2D eigenvalue weighted by molar-refractivity contribution is 7.92. The summed E-state index contributed by atoms with van der Waals surface area (Å²) < 4.78 is 23.5. The lowest BCUT2D eigenvalue weighted by atomic mass is 10.0. The van der Waals surface area contributed by atoms with Gasteiger partial charge in [0.05, 0.1) is 11.7 Å². The number of nitrogens with zero attached hydrogens (tertiary/aromatic N) is 1. The third kappa shape index (κ3) is 2.73. The first kappa shape index (κ1) is 15.0. The number of likely N-dealkylation sites (tertiary alicyclic amines) is 1. The Morgan fingerprint density at radius 3 is 2.55 bits per heavy atom. The molecule has 22 heavy (non-hydrogen) atoms. The number of amides is 1. The van der Waals surface area contributed by atoms with Gasteiger partial charge in [-0.05, 0) is 16.3 Å². The SMILES string of the molecule is CCS(=O)(=O)C1CN(C(=O)Cc2cccc3ccccc23)C1. The summed E-state index contributed by atoms with van der Waals surface area (Å²) in [5.74, 6) is 0.141. The van der Waals surface area contributed by atoms with E-state index >= 15 is 0 Å². The molecule has 1 aliphatic rings. The van der Waals surface area contributed by atoms with Crippen molar-refractivity contribution < 1.29 is 13.2 Å². The molecule has 0 radical (unpaired) electrons. The molecule has 2 aromatic rings. The number of benzene rings is 2. The molecule has 0 atom stereocenters. The number of carbonyl (C=O) groups excluding carboxylic acids is 1. The fraction of sp³-hybridized carbons (Fsp3) is 0.353. The molecule has 1 aliphatic heterocycles. The first-order chi connectivity index (χ1) is 10.5. The van der Waals surface area contributed by atoms with E-state index in [4.69, 9.17) is 0 Å². The highest BCUT2D eigenvalue weighted by atomic mass is 32.2. The van der Waals surface area contributed by atoms with Crippen LogP contribution in [-0.2, 0) is 21.1 Å². The summed E-state index contributed by atoms with van der Waals surface area (Å²) in [5.41, 5.74) is 0.991. The van der Waals surface area contributed by atoms with E-state index in [1.54, 1.807) is 11.8 Å². The minimum absolute atomic E-state index is 0.00101. The monoisotopic (exact) mass is 317 g/mol. The van der Waals surface area contributed by atoms with E-state index in [0.29, 0.717) is 19.5 Å². The molecular formula is C17H19NO3S. The van der Waals surface area contributed by atoms with Crippen LogP contribution in [0.3, 0.4) is 0 Å². The van der Waals surface area contributed by atoms with Crippen LogP contribution in [0.25, 0.3) is 10.8 Å². The number of hydrogen-bond donors (Lipinski definition) is 0. The molecule has 0 aromatic heterocycles. The second kappa shape index (κ2) is 5.72. The van der Waals surface area contributed by atoms with Crippen molar-refractivity contribution in [2.24, 2.45) is 0 Å². The zero-order chi connectivity index (χ0) is 15.7. The molecule has 4 nitrogen and oxygen atoms in total. The average Bonchev–Trinajstić information content (AvgIpc) is 2.46. The van der Waals surface area contributed by atoms with Gasteiger partial charge in [0.25, 0.3) is 0 Å². The van der Waals surface area contributed by atoms with Crippen molar-refractivity contribution >= 4 is 26.5 Å². The maximum Gasteiger partial charge on any atom is 0.227 e. The van der Waals surface area contributed by atoms with E-state index < -0.39 is 9.84 Å². The zero-order valence-corrected chi connectivity index (χ0v) is 13.3. The molecule has 0 spiro atoms. The Morgan fingerprint density at radius 2 is 1.82 bits per heavy atom. The van der Waals surface area contributed by atoms with Crippen LogP contribution in [0.4, 0.5) is 0 Å². The summed E-state index contributed by atoms with van der Waals surface area (Å²) in [6, 6.07) is 13.9. The van der Waals surface area contributed by atoms with E-state index in [1.165, 1.54) is 0 Å². The van der Waals surface area contributed by atoms with Crippen LogP contribution in [0.15, 0.2) is 42.5 Å². The summed E-state index contributed by atoms with van der Waals surface area (Å²) >= 11 is 0. The van der Waals surface area contributed by atoms with Gasteiger partial charge in [0.15, 0.2) is 9.84 Å². The lowest BCUT2D eigenvalue weighted by molar-refractivity contribution is -0.133. The second-order valence-electron chi connectivity index (χ2n) is 5.69. The Bertz CT molecular complexity index is 802. The predicted molar refractivity (Wildman–Crippen MR) is 87.5 cm³/mol. The Hall–Kier alpha value is -1.88. The van der Waals surface area contributed by atoms with Crippen LogP contribution >= 0.6 is 0 Å². The molecule has 1 fully saturated rings. The van der Waals surface area contributed by atoms with Crippen LogP contribution in [0, 0.1) is 0 Å². The van der Waals surface area contributed by atoms with E-state index in [0.717, 1.165) is 16.3 Å². The van der Waals surface area contributed by atoms with Gasteiger partial charge in [-0.3, -0.25) is 4.79 Å². The first-order valence-electron chi connectivity index (χ1n) is 7.47. The number of fused-ring (bicyclic) bond motifs is 1. The van der Waals surface area contributed by atoms with Crippen molar-refractivity contribution in [3.8, 4) is 0 Å². The molecule has 116 valence electrons. The highest BCUT2D eigenvalue weighted by Gasteiger charge is 2.38. The lowest BCUT2D eigenvalue weighted by Gasteiger charge is -2.38. The van der Waals surface area contributed by atoms with Crippen molar-refractivity contribution in [2.45, 2.75) is 18.6 Å². The number of sulfone groups is 1. The maximum atomic E-state index is 12.3. The second-order valence-corrected chi connectivity index (χ2v) is 8.26. The molecule has 0 aliphatic carbocycles. The summed E-state index contributed by atoms with van der Waals surface area (Å²) in [6.45, 7) is 2.31. The molecule has 1 heterocycles. The van der Waals surface area contributed by atoms with E-state index in [2.05, 4.69) is 0 Å². The van der Waals surface area contributed by atoms with Crippen LogP contribution < -0.4 is 0 Å². The minimum atomic E-state index is -3.03. The fourth-order valence-corrected chi connectivity index (χ4v) is 4.11. The largest absolute Gasteiger partial charge is 0.340 e. The normalized spacial score (nSPS) is 15.8. The van der Waals surface area contributed by atoms with Crippen molar-refractivity contribution in [2.75, 3.05) is 18.8 Å². The van der Waals surface area contributed by atoms with Gasteiger partial charge in [-0.2, -0.15) is 0 Å². The smallest absolute Gasteiger partial charge is 0.227 e. The van der Waals surface area contributed by atoms with Gasteiger partial charge < -0.3 is 4.90 Å². The Morgan fingerprint density at radius 1 is 1.14 bits per heavy atom. The van der Waals surface area contributed by atoms with Gasteiger partial charge in [0.1, 0.15) is 0 Å². The van der Waals surface area contributed by atoms with Gasteiger partial charge in [-0.15, -0.1) is 0 Å². The highest BCUT2D eigenvalue weighted by Crippen LogP contribution is 2.22. The fourth-order valence-electron chi connectivity index (χ4n) is 2.83. The molecule has 1 amide bonds. The number of hydrogen-bond acceptors (Lipinski definition) is 3. The molecule has 0 N–H and O–H groups in total. The Labute approximate surface area is 130 Å². The summed E-state index contributed by atoms with van der Waals surface area (Å²) in [5, 5.41) is 1.81. The van der Waals surface area contributed by atoms with Gasteiger partial charge in [-0.1, -0.05) is 49.4 Å². The van der Waals surface area contributed by atoms with Gasteiger partial charge >= 0.3 is 0 Å². The van der Waals surface area contributed by atoms with Crippen molar-refractivity contribution in [3.63, 3.8) is 0 Å². The number of carbonyl (C=O) groups is 1. The molecule has 5 heteroatoms. The van der Waals surface area contributed by atoms with Crippen LogP contribution in [0.1, 0.15) is 12.5 Å². The molecular weight excluding hydrogens is 298 g/mol. The van der Waals surface area contributed by atoms with Gasteiger partial charge in [-0.25, -0.2) is 8.42 Å². The molecule has 0 unspecified atom stereocenters. The molecule has 1 saturated heterocycles. The Balaban J connectivity index is 1.71. The van der Waals surface area contributed by atoms with Crippen molar-refractivity contribution in [3.05, 3.63) is 48.0 Å². The standard InChI is InChI=1S/C17H19NO3S/c1-2-22(20,21)15-11-18(12-15)17(19)10-14-8-5-7-13-6-3-4-9-16(13)14/h3-9,15H,2,10-12H2,1H3. The van der Waals surface area contributed by atoms with Crippen molar-refractivity contribution in [1.82, 2.24) is 4.90 Å². The van der Waals surface area contributed by atoms with E-state index in [9.17, 15) is 13.2 Å². The molecule has 0 saturated carbocycles.